The molecule has 1 N–H and O–H groups in total. The lowest BCUT2D eigenvalue weighted by Gasteiger charge is -2.29. The van der Waals surface area contributed by atoms with Crippen molar-refractivity contribution >= 4 is 45.7 Å². The lowest BCUT2D eigenvalue weighted by Crippen LogP contribution is -2.24. The SMILES string of the molecule is CNCCC(Sc1cc(I)cs1)C1CCCCC1. The molecular weight excluding hydrogens is 373 g/mol. The van der Waals surface area contributed by atoms with Crippen LogP contribution in [-0.4, -0.2) is 18.8 Å². The molecule has 0 saturated heterocycles. The summed E-state index contributed by atoms with van der Waals surface area (Å²) in [5.74, 6) is 0.942. The summed E-state index contributed by atoms with van der Waals surface area (Å²) in [6.45, 7) is 1.15. The molecule has 1 aromatic rings. The maximum absolute atomic E-state index is 3.32. The Bertz CT molecular complexity index is 347. The summed E-state index contributed by atoms with van der Waals surface area (Å²) in [5, 5.41) is 6.39. The van der Waals surface area contributed by atoms with E-state index in [2.05, 4.69) is 58.2 Å². The zero-order valence-corrected chi connectivity index (χ0v) is 14.7. The normalized spacial score (nSPS) is 19.0. The molecule has 1 saturated carbocycles. The molecule has 0 spiro atoms. The zero-order valence-electron chi connectivity index (χ0n) is 11.0. The van der Waals surface area contributed by atoms with Gasteiger partial charge < -0.3 is 5.32 Å². The summed E-state index contributed by atoms with van der Waals surface area (Å²) in [7, 11) is 2.07. The van der Waals surface area contributed by atoms with E-state index in [0.29, 0.717) is 0 Å². The second-order valence-electron chi connectivity index (χ2n) is 5.03. The Morgan fingerprint density at radius 1 is 1.44 bits per heavy atom. The van der Waals surface area contributed by atoms with Gasteiger partial charge >= 0.3 is 0 Å². The monoisotopic (exact) mass is 395 g/mol. The van der Waals surface area contributed by atoms with Crippen LogP contribution in [0.4, 0.5) is 0 Å². The first-order valence-electron chi connectivity index (χ1n) is 6.85. The fraction of sp³-hybridized carbons (Fsp3) is 0.714. The van der Waals surface area contributed by atoms with Crippen molar-refractivity contribution in [2.24, 2.45) is 5.92 Å². The maximum atomic E-state index is 3.32. The highest BCUT2D eigenvalue weighted by Crippen LogP contribution is 2.40. The Morgan fingerprint density at radius 2 is 2.22 bits per heavy atom. The van der Waals surface area contributed by atoms with E-state index < -0.39 is 0 Å². The highest BCUT2D eigenvalue weighted by atomic mass is 127. The summed E-state index contributed by atoms with van der Waals surface area (Å²) < 4.78 is 2.89. The molecule has 1 aromatic heterocycles. The van der Waals surface area contributed by atoms with Gasteiger partial charge in [-0.15, -0.1) is 23.1 Å². The van der Waals surface area contributed by atoms with E-state index >= 15 is 0 Å². The van der Waals surface area contributed by atoms with Gasteiger partial charge in [0.2, 0.25) is 0 Å². The van der Waals surface area contributed by atoms with Gasteiger partial charge in [-0.3, -0.25) is 0 Å². The molecule has 1 atom stereocenters. The third-order valence-corrected chi connectivity index (χ3v) is 7.28. The highest BCUT2D eigenvalue weighted by Gasteiger charge is 2.24. The summed E-state index contributed by atoms with van der Waals surface area (Å²) >= 11 is 6.46. The second kappa shape index (κ2) is 8.12. The van der Waals surface area contributed by atoms with Gasteiger partial charge in [-0.2, -0.15) is 0 Å². The van der Waals surface area contributed by atoms with Gasteiger partial charge in [0.25, 0.3) is 0 Å². The largest absolute Gasteiger partial charge is 0.320 e. The van der Waals surface area contributed by atoms with Crippen LogP contribution < -0.4 is 5.32 Å². The van der Waals surface area contributed by atoms with E-state index in [1.54, 1.807) is 0 Å². The lowest BCUT2D eigenvalue weighted by molar-refractivity contribution is 0.340. The van der Waals surface area contributed by atoms with E-state index in [1.807, 2.05) is 11.3 Å². The van der Waals surface area contributed by atoms with Crippen LogP contribution in [0.3, 0.4) is 0 Å². The molecular formula is C14H22INS2. The molecule has 0 bridgehead atoms. The molecule has 18 heavy (non-hydrogen) atoms. The minimum Gasteiger partial charge on any atom is -0.320 e. The summed E-state index contributed by atoms with van der Waals surface area (Å²) in [4.78, 5) is 0. The lowest BCUT2D eigenvalue weighted by atomic mass is 9.86. The number of hydrogen-bond acceptors (Lipinski definition) is 3. The van der Waals surface area contributed by atoms with Gasteiger partial charge in [0.15, 0.2) is 0 Å². The minimum atomic E-state index is 0.812. The van der Waals surface area contributed by atoms with Crippen LogP contribution in [0.2, 0.25) is 0 Å². The molecule has 0 radical (unpaired) electrons. The van der Waals surface area contributed by atoms with Crippen molar-refractivity contribution in [3.05, 3.63) is 15.0 Å². The average molecular weight is 395 g/mol. The molecule has 1 heterocycles. The van der Waals surface area contributed by atoms with Crippen molar-refractivity contribution in [3.63, 3.8) is 0 Å². The molecule has 2 rings (SSSR count). The van der Waals surface area contributed by atoms with E-state index in [0.717, 1.165) is 17.7 Å². The first-order valence-corrected chi connectivity index (χ1v) is 9.68. The molecule has 0 aromatic carbocycles. The van der Waals surface area contributed by atoms with Crippen LogP contribution in [0, 0.1) is 9.49 Å². The molecule has 102 valence electrons. The molecule has 1 fully saturated rings. The number of hydrogen-bond donors (Lipinski definition) is 1. The van der Waals surface area contributed by atoms with E-state index in [9.17, 15) is 0 Å². The molecule has 1 aliphatic rings. The first kappa shape index (κ1) is 15.1. The van der Waals surface area contributed by atoms with E-state index in [4.69, 9.17) is 0 Å². The Hall–Kier alpha value is 0.740. The van der Waals surface area contributed by atoms with Crippen molar-refractivity contribution in [1.82, 2.24) is 5.32 Å². The highest BCUT2D eigenvalue weighted by molar-refractivity contribution is 14.1. The molecule has 1 aliphatic carbocycles. The predicted molar refractivity (Wildman–Crippen MR) is 91.8 cm³/mol. The smallest absolute Gasteiger partial charge is 0.0612 e. The van der Waals surface area contributed by atoms with Crippen LogP contribution in [-0.2, 0) is 0 Å². The molecule has 1 nitrogen and oxygen atoms in total. The number of nitrogens with one attached hydrogen (secondary N) is 1. The molecule has 4 heteroatoms. The molecule has 0 amide bonds. The standard InChI is InChI=1S/C14H22INS2/c1-16-8-7-13(11-5-3-2-4-6-11)18-14-9-12(15)10-17-14/h9-11,13,16H,2-8H2,1H3. The Morgan fingerprint density at radius 3 is 2.83 bits per heavy atom. The van der Waals surface area contributed by atoms with E-state index in [-0.39, 0.29) is 0 Å². The van der Waals surface area contributed by atoms with Gasteiger partial charge in [0.1, 0.15) is 0 Å². The topological polar surface area (TPSA) is 12.0 Å². The van der Waals surface area contributed by atoms with Crippen LogP contribution >= 0.6 is 45.7 Å². The predicted octanol–water partition coefficient (Wildman–Crippen LogP) is 5.00. The van der Waals surface area contributed by atoms with Crippen molar-refractivity contribution < 1.29 is 0 Å². The fourth-order valence-corrected chi connectivity index (χ4v) is 6.23. The summed E-state index contributed by atoms with van der Waals surface area (Å²) in [5.41, 5.74) is 0. The first-order chi connectivity index (χ1) is 8.79. The Balaban J connectivity index is 1.94. The third-order valence-electron chi connectivity index (χ3n) is 3.67. The van der Waals surface area contributed by atoms with Crippen LogP contribution in [0.1, 0.15) is 38.5 Å². The van der Waals surface area contributed by atoms with Gasteiger partial charge in [-0.25, -0.2) is 0 Å². The van der Waals surface area contributed by atoms with Crippen molar-refractivity contribution in [3.8, 4) is 0 Å². The van der Waals surface area contributed by atoms with Crippen molar-refractivity contribution in [1.29, 1.82) is 0 Å². The van der Waals surface area contributed by atoms with Crippen molar-refractivity contribution in [2.45, 2.75) is 48.0 Å². The Labute approximate surface area is 133 Å². The molecule has 0 aliphatic heterocycles. The second-order valence-corrected chi connectivity index (χ2v) is 8.73. The summed E-state index contributed by atoms with van der Waals surface area (Å²) in [6.07, 6.45) is 8.55. The summed E-state index contributed by atoms with van der Waals surface area (Å²) in [6, 6.07) is 2.34. The van der Waals surface area contributed by atoms with Gasteiger partial charge in [-0.1, -0.05) is 19.3 Å². The number of thioether (sulfide) groups is 1. The van der Waals surface area contributed by atoms with Gasteiger partial charge in [0, 0.05) is 14.2 Å². The number of rotatable bonds is 6. The number of halogens is 1. The minimum absolute atomic E-state index is 0.812. The zero-order chi connectivity index (χ0) is 12.8. The maximum Gasteiger partial charge on any atom is 0.0612 e. The average Bonchev–Trinajstić information content (AvgIpc) is 2.81. The van der Waals surface area contributed by atoms with E-state index in [1.165, 1.54) is 46.3 Å². The van der Waals surface area contributed by atoms with Crippen LogP contribution in [0.15, 0.2) is 15.7 Å². The van der Waals surface area contributed by atoms with Crippen LogP contribution in [0.25, 0.3) is 0 Å². The van der Waals surface area contributed by atoms with Gasteiger partial charge in [0.05, 0.1) is 4.21 Å². The fourth-order valence-electron chi connectivity index (χ4n) is 2.69. The van der Waals surface area contributed by atoms with Crippen molar-refractivity contribution in [2.75, 3.05) is 13.6 Å². The quantitative estimate of drug-likeness (QED) is 0.537. The number of thiophene rings is 1. The molecule has 1 unspecified atom stereocenters. The van der Waals surface area contributed by atoms with Crippen LogP contribution in [0.5, 0.6) is 0 Å². The Kier molecular flexibility index (Phi) is 6.83. The van der Waals surface area contributed by atoms with Gasteiger partial charge in [-0.05, 0) is 67.4 Å². The third kappa shape index (κ3) is 4.69.